The van der Waals surface area contributed by atoms with Crippen LogP contribution < -0.4 is 5.43 Å². The molecule has 26 heavy (non-hydrogen) atoms. The molecule has 0 spiro atoms. The Kier molecular flexibility index (Phi) is 5.53. The fraction of sp³-hybridized carbons (Fsp3) is 0.389. The highest BCUT2D eigenvalue weighted by Gasteiger charge is 2.34. The molecule has 0 aliphatic carbocycles. The standard InChI is InChI=1S/C18H21F3N4O/c1-6-24(4)10-22-14-8-13(11(2)7-12(14)3)17-15(26)9-16(18(19,20)21)25(5)23-17/h7-10H,6H2,1-5H3. The lowest BCUT2D eigenvalue weighted by atomic mass is 10.0. The highest BCUT2D eigenvalue weighted by Crippen LogP contribution is 2.31. The van der Waals surface area contributed by atoms with E-state index in [0.29, 0.717) is 22.0 Å². The van der Waals surface area contributed by atoms with Crippen molar-refractivity contribution in [2.24, 2.45) is 12.0 Å². The van der Waals surface area contributed by atoms with Crippen LogP contribution in [0.15, 0.2) is 28.0 Å². The number of aliphatic imine (C=N–C) groups is 1. The number of aromatic nitrogens is 2. The fourth-order valence-electron chi connectivity index (χ4n) is 2.47. The molecule has 1 aromatic carbocycles. The molecule has 0 saturated carbocycles. The van der Waals surface area contributed by atoms with Gasteiger partial charge in [-0.15, -0.1) is 0 Å². The van der Waals surface area contributed by atoms with Gasteiger partial charge in [-0.05, 0) is 38.0 Å². The zero-order valence-corrected chi connectivity index (χ0v) is 15.3. The monoisotopic (exact) mass is 366 g/mol. The minimum atomic E-state index is -4.64. The van der Waals surface area contributed by atoms with E-state index in [0.717, 1.165) is 17.7 Å². The molecule has 1 aromatic heterocycles. The lowest BCUT2D eigenvalue weighted by Gasteiger charge is -2.14. The quantitative estimate of drug-likeness (QED) is 0.612. The van der Waals surface area contributed by atoms with Crippen molar-refractivity contribution in [1.29, 1.82) is 0 Å². The van der Waals surface area contributed by atoms with Crippen LogP contribution in [0.25, 0.3) is 11.3 Å². The third-order valence-corrected chi connectivity index (χ3v) is 4.08. The second kappa shape index (κ2) is 7.31. The summed E-state index contributed by atoms with van der Waals surface area (Å²) in [7, 11) is 3.05. The third-order valence-electron chi connectivity index (χ3n) is 4.08. The summed E-state index contributed by atoms with van der Waals surface area (Å²) in [5, 5.41) is 3.87. The molecule has 0 saturated heterocycles. The van der Waals surface area contributed by atoms with E-state index in [2.05, 4.69) is 10.1 Å². The van der Waals surface area contributed by atoms with Crippen LogP contribution in [-0.4, -0.2) is 34.6 Å². The molecule has 140 valence electrons. The topological polar surface area (TPSA) is 50.5 Å². The van der Waals surface area contributed by atoms with Crippen molar-refractivity contribution in [1.82, 2.24) is 14.7 Å². The highest BCUT2D eigenvalue weighted by molar-refractivity contribution is 5.72. The van der Waals surface area contributed by atoms with Crippen LogP contribution >= 0.6 is 0 Å². The Morgan fingerprint density at radius 2 is 1.88 bits per heavy atom. The van der Waals surface area contributed by atoms with Gasteiger partial charge in [-0.3, -0.25) is 9.48 Å². The van der Waals surface area contributed by atoms with Crippen LogP contribution in [0, 0.1) is 13.8 Å². The van der Waals surface area contributed by atoms with Crippen molar-refractivity contribution < 1.29 is 13.2 Å². The summed E-state index contributed by atoms with van der Waals surface area (Å²) in [6.07, 6.45) is -2.97. The first-order valence-electron chi connectivity index (χ1n) is 8.06. The number of nitrogens with zero attached hydrogens (tertiary/aromatic N) is 4. The SMILES string of the molecule is CCN(C)C=Nc1cc(-c2nn(C)c(C(F)(F)F)cc2=O)c(C)cc1C. The Labute approximate surface area is 149 Å². The molecule has 2 aromatic rings. The molecule has 0 aliphatic rings. The largest absolute Gasteiger partial charge is 0.433 e. The van der Waals surface area contributed by atoms with Crippen LogP contribution in [0.5, 0.6) is 0 Å². The van der Waals surface area contributed by atoms with E-state index in [1.165, 1.54) is 7.05 Å². The first-order chi connectivity index (χ1) is 12.0. The molecule has 8 heteroatoms. The molecule has 5 nitrogen and oxygen atoms in total. The first kappa shape index (κ1) is 19.7. The first-order valence-corrected chi connectivity index (χ1v) is 8.06. The minimum absolute atomic E-state index is 0.0294. The molecule has 0 fully saturated rings. The molecular weight excluding hydrogens is 345 g/mol. The van der Waals surface area contributed by atoms with E-state index in [9.17, 15) is 18.0 Å². The molecule has 0 amide bonds. The van der Waals surface area contributed by atoms with Crippen LogP contribution in [0.2, 0.25) is 0 Å². The van der Waals surface area contributed by atoms with Gasteiger partial charge in [0, 0.05) is 32.3 Å². The summed E-state index contributed by atoms with van der Waals surface area (Å²) < 4.78 is 39.5. The van der Waals surface area contributed by atoms with Crippen LogP contribution in [-0.2, 0) is 13.2 Å². The summed E-state index contributed by atoms with van der Waals surface area (Å²) in [5.41, 5.74) is 0.858. The Bertz CT molecular complexity index is 901. The Hall–Kier alpha value is -2.64. The van der Waals surface area contributed by atoms with Crippen LogP contribution in [0.3, 0.4) is 0 Å². The van der Waals surface area contributed by atoms with Crippen molar-refractivity contribution in [3.63, 3.8) is 0 Å². The van der Waals surface area contributed by atoms with Gasteiger partial charge >= 0.3 is 6.18 Å². The van der Waals surface area contributed by atoms with Gasteiger partial charge in [-0.25, -0.2) is 4.99 Å². The Balaban J connectivity index is 2.61. The maximum Gasteiger partial charge on any atom is 0.433 e. The van der Waals surface area contributed by atoms with Crippen molar-refractivity contribution in [3.05, 3.63) is 45.2 Å². The molecule has 2 rings (SSSR count). The van der Waals surface area contributed by atoms with Gasteiger partial charge in [0.2, 0.25) is 5.43 Å². The second-order valence-corrected chi connectivity index (χ2v) is 6.14. The predicted molar refractivity (Wildman–Crippen MR) is 95.8 cm³/mol. The number of hydrogen-bond donors (Lipinski definition) is 0. The van der Waals surface area contributed by atoms with E-state index < -0.39 is 17.3 Å². The van der Waals surface area contributed by atoms with E-state index in [1.54, 1.807) is 19.3 Å². The molecule has 0 bridgehead atoms. The van der Waals surface area contributed by atoms with Crippen molar-refractivity contribution >= 4 is 12.0 Å². The number of rotatable bonds is 4. The lowest BCUT2D eigenvalue weighted by Crippen LogP contribution is -2.22. The summed E-state index contributed by atoms with van der Waals surface area (Å²) in [4.78, 5) is 18.6. The van der Waals surface area contributed by atoms with E-state index >= 15 is 0 Å². The van der Waals surface area contributed by atoms with Gasteiger partial charge in [0.25, 0.3) is 0 Å². The summed E-state index contributed by atoms with van der Waals surface area (Å²) >= 11 is 0. The highest BCUT2D eigenvalue weighted by atomic mass is 19.4. The summed E-state index contributed by atoms with van der Waals surface area (Å²) in [6.45, 7) is 6.43. The molecule has 1 heterocycles. The maximum absolute atomic E-state index is 12.9. The molecule has 0 N–H and O–H groups in total. The average Bonchev–Trinajstić information content (AvgIpc) is 2.54. The van der Waals surface area contributed by atoms with Crippen LogP contribution in [0.1, 0.15) is 23.7 Å². The third kappa shape index (κ3) is 4.12. The molecule has 0 unspecified atom stereocenters. The predicted octanol–water partition coefficient (Wildman–Crippen LogP) is 3.69. The van der Waals surface area contributed by atoms with Crippen LogP contribution in [0.4, 0.5) is 18.9 Å². The van der Waals surface area contributed by atoms with Gasteiger partial charge in [0.1, 0.15) is 11.4 Å². The van der Waals surface area contributed by atoms with E-state index in [4.69, 9.17) is 0 Å². The van der Waals surface area contributed by atoms with E-state index in [1.807, 2.05) is 31.9 Å². The van der Waals surface area contributed by atoms with Gasteiger partial charge in [0.15, 0.2) is 0 Å². The van der Waals surface area contributed by atoms with E-state index in [-0.39, 0.29) is 5.69 Å². The van der Waals surface area contributed by atoms with Gasteiger partial charge in [-0.2, -0.15) is 18.3 Å². The Morgan fingerprint density at radius 1 is 1.23 bits per heavy atom. The molecule has 0 radical (unpaired) electrons. The van der Waals surface area contributed by atoms with Crippen molar-refractivity contribution in [3.8, 4) is 11.3 Å². The van der Waals surface area contributed by atoms with Gasteiger partial charge in [-0.1, -0.05) is 6.07 Å². The van der Waals surface area contributed by atoms with Gasteiger partial charge in [0.05, 0.1) is 12.0 Å². The number of alkyl halides is 3. The maximum atomic E-state index is 12.9. The Morgan fingerprint density at radius 3 is 2.46 bits per heavy atom. The average molecular weight is 366 g/mol. The van der Waals surface area contributed by atoms with Crippen molar-refractivity contribution in [2.75, 3.05) is 13.6 Å². The minimum Gasteiger partial charge on any atom is -0.366 e. The number of halogens is 3. The zero-order chi connectivity index (χ0) is 19.6. The zero-order valence-electron chi connectivity index (χ0n) is 15.3. The molecule has 0 aliphatic heterocycles. The van der Waals surface area contributed by atoms with Crippen molar-refractivity contribution in [2.45, 2.75) is 26.9 Å². The number of aryl methyl sites for hydroxylation is 3. The number of benzene rings is 1. The van der Waals surface area contributed by atoms with Gasteiger partial charge < -0.3 is 4.90 Å². The smallest absolute Gasteiger partial charge is 0.366 e. The molecule has 0 atom stereocenters. The summed E-state index contributed by atoms with van der Waals surface area (Å²) in [6, 6.07) is 4.10. The normalized spacial score (nSPS) is 12.0. The number of hydrogen-bond acceptors (Lipinski definition) is 3. The summed E-state index contributed by atoms with van der Waals surface area (Å²) in [5.74, 6) is 0. The fourth-order valence-corrected chi connectivity index (χ4v) is 2.47. The molecular formula is C18H21F3N4O. The lowest BCUT2D eigenvalue weighted by molar-refractivity contribution is -0.144. The second-order valence-electron chi connectivity index (χ2n) is 6.14.